The standard InChI is InChI=1S/C17H32N2/c1-4-16(10-15-18-11-8-9-12-18)17(2,3)19-13-6-5-7-14-19/h4H,5-15H2,1-3H3/b16-4+. The molecule has 0 aromatic heterocycles. The van der Waals surface area contributed by atoms with Crippen LogP contribution in [0.5, 0.6) is 0 Å². The van der Waals surface area contributed by atoms with E-state index in [0.29, 0.717) is 0 Å². The average Bonchev–Trinajstić information content (AvgIpc) is 2.93. The van der Waals surface area contributed by atoms with Crippen LogP contribution in [0.4, 0.5) is 0 Å². The molecule has 2 heteroatoms. The summed E-state index contributed by atoms with van der Waals surface area (Å²) in [6.07, 6.45) is 10.6. The van der Waals surface area contributed by atoms with E-state index in [1.807, 2.05) is 0 Å². The van der Waals surface area contributed by atoms with Crippen LogP contribution in [0.25, 0.3) is 0 Å². The second-order valence-electron chi connectivity index (χ2n) is 6.72. The van der Waals surface area contributed by atoms with Gasteiger partial charge in [0, 0.05) is 12.1 Å². The lowest BCUT2D eigenvalue weighted by atomic mass is 9.87. The number of nitrogens with zero attached hydrogens (tertiary/aromatic N) is 2. The van der Waals surface area contributed by atoms with Crippen LogP contribution in [0, 0.1) is 0 Å². The van der Waals surface area contributed by atoms with E-state index < -0.39 is 0 Å². The predicted molar refractivity (Wildman–Crippen MR) is 83.6 cm³/mol. The Labute approximate surface area is 119 Å². The molecule has 2 aliphatic heterocycles. The Kier molecular flexibility index (Phi) is 5.47. The summed E-state index contributed by atoms with van der Waals surface area (Å²) in [7, 11) is 0. The van der Waals surface area contributed by atoms with Crippen molar-refractivity contribution < 1.29 is 0 Å². The molecule has 0 N–H and O–H groups in total. The van der Waals surface area contributed by atoms with Crippen molar-refractivity contribution in [2.45, 2.75) is 64.8 Å². The molecule has 0 radical (unpaired) electrons. The van der Waals surface area contributed by atoms with Crippen molar-refractivity contribution in [3.8, 4) is 0 Å². The minimum Gasteiger partial charge on any atom is -0.303 e. The summed E-state index contributed by atoms with van der Waals surface area (Å²) in [4.78, 5) is 5.34. The van der Waals surface area contributed by atoms with Crippen LogP contribution in [-0.2, 0) is 0 Å². The molecule has 2 rings (SSSR count). The van der Waals surface area contributed by atoms with Gasteiger partial charge in [0.25, 0.3) is 0 Å². The number of hydrogen-bond acceptors (Lipinski definition) is 2. The highest BCUT2D eigenvalue weighted by Gasteiger charge is 2.31. The van der Waals surface area contributed by atoms with E-state index in [9.17, 15) is 0 Å². The highest BCUT2D eigenvalue weighted by Crippen LogP contribution is 2.30. The second-order valence-corrected chi connectivity index (χ2v) is 6.72. The quantitative estimate of drug-likeness (QED) is 0.699. The fourth-order valence-corrected chi connectivity index (χ4v) is 3.74. The lowest BCUT2D eigenvalue weighted by Gasteiger charge is -2.43. The second kappa shape index (κ2) is 6.90. The number of likely N-dealkylation sites (tertiary alicyclic amines) is 2. The molecule has 0 spiro atoms. The van der Waals surface area contributed by atoms with E-state index in [1.165, 1.54) is 71.2 Å². The summed E-state index contributed by atoms with van der Waals surface area (Å²) in [5.74, 6) is 0. The molecule has 2 aliphatic rings. The number of allylic oxidation sites excluding steroid dienone is 1. The molecule has 0 bridgehead atoms. The third-order valence-electron chi connectivity index (χ3n) is 5.18. The maximum atomic E-state index is 2.70. The lowest BCUT2D eigenvalue weighted by Crippen LogP contribution is -2.48. The van der Waals surface area contributed by atoms with Crippen molar-refractivity contribution in [2.75, 3.05) is 32.7 Å². The Bertz CT molecular complexity index is 294. The van der Waals surface area contributed by atoms with E-state index in [1.54, 1.807) is 5.57 Å². The highest BCUT2D eigenvalue weighted by molar-refractivity contribution is 5.18. The van der Waals surface area contributed by atoms with Gasteiger partial charge in [0.15, 0.2) is 0 Å². The summed E-state index contributed by atoms with van der Waals surface area (Å²) in [6, 6.07) is 0. The Hall–Kier alpha value is -0.340. The summed E-state index contributed by atoms with van der Waals surface area (Å²) >= 11 is 0. The van der Waals surface area contributed by atoms with E-state index in [4.69, 9.17) is 0 Å². The van der Waals surface area contributed by atoms with Crippen LogP contribution in [0.3, 0.4) is 0 Å². The summed E-state index contributed by atoms with van der Waals surface area (Å²) in [5, 5.41) is 0. The molecule has 2 fully saturated rings. The van der Waals surface area contributed by atoms with Crippen LogP contribution in [0.2, 0.25) is 0 Å². The molecule has 2 saturated heterocycles. The van der Waals surface area contributed by atoms with Crippen LogP contribution in [0.1, 0.15) is 59.3 Å². The Morgan fingerprint density at radius 3 is 2.11 bits per heavy atom. The Balaban J connectivity index is 1.90. The van der Waals surface area contributed by atoms with Crippen LogP contribution < -0.4 is 0 Å². The maximum Gasteiger partial charge on any atom is 0.0364 e. The molecule has 2 heterocycles. The van der Waals surface area contributed by atoms with E-state index in [-0.39, 0.29) is 5.54 Å². The van der Waals surface area contributed by atoms with Crippen molar-refractivity contribution in [3.63, 3.8) is 0 Å². The fourth-order valence-electron chi connectivity index (χ4n) is 3.74. The fraction of sp³-hybridized carbons (Fsp3) is 0.882. The van der Waals surface area contributed by atoms with Crippen LogP contribution in [-0.4, -0.2) is 48.1 Å². The van der Waals surface area contributed by atoms with Gasteiger partial charge in [-0.2, -0.15) is 0 Å². The molecule has 0 amide bonds. The summed E-state index contributed by atoms with van der Waals surface area (Å²) in [5.41, 5.74) is 1.90. The molecule has 0 saturated carbocycles. The van der Waals surface area contributed by atoms with Crippen molar-refractivity contribution >= 4 is 0 Å². The van der Waals surface area contributed by atoms with Crippen molar-refractivity contribution in [2.24, 2.45) is 0 Å². The van der Waals surface area contributed by atoms with Gasteiger partial charge in [0.2, 0.25) is 0 Å². The van der Waals surface area contributed by atoms with Gasteiger partial charge in [0.05, 0.1) is 0 Å². The van der Waals surface area contributed by atoms with Crippen molar-refractivity contribution in [1.82, 2.24) is 9.80 Å². The first-order chi connectivity index (χ1) is 9.14. The minimum absolute atomic E-state index is 0.259. The van der Waals surface area contributed by atoms with Gasteiger partial charge in [-0.05, 0) is 79.1 Å². The number of piperidine rings is 1. The van der Waals surface area contributed by atoms with Gasteiger partial charge < -0.3 is 4.90 Å². The molecule has 0 atom stereocenters. The van der Waals surface area contributed by atoms with E-state index >= 15 is 0 Å². The summed E-state index contributed by atoms with van der Waals surface area (Å²) in [6.45, 7) is 13.6. The van der Waals surface area contributed by atoms with E-state index in [0.717, 1.165) is 0 Å². The third-order valence-corrected chi connectivity index (χ3v) is 5.18. The first kappa shape index (κ1) is 15.1. The zero-order chi connectivity index (χ0) is 13.7. The Morgan fingerprint density at radius 1 is 0.947 bits per heavy atom. The number of hydrogen-bond donors (Lipinski definition) is 0. The molecule has 0 unspecified atom stereocenters. The monoisotopic (exact) mass is 264 g/mol. The minimum atomic E-state index is 0.259. The van der Waals surface area contributed by atoms with Crippen molar-refractivity contribution in [1.29, 1.82) is 0 Å². The average molecular weight is 264 g/mol. The van der Waals surface area contributed by atoms with Gasteiger partial charge in [-0.1, -0.05) is 18.1 Å². The molecule has 0 aromatic rings. The molecule has 2 nitrogen and oxygen atoms in total. The smallest absolute Gasteiger partial charge is 0.0364 e. The zero-order valence-electron chi connectivity index (χ0n) is 13.2. The molecule has 19 heavy (non-hydrogen) atoms. The normalized spacial score (nSPS) is 24.1. The van der Waals surface area contributed by atoms with Gasteiger partial charge in [0.1, 0.15) is 0 Å². The zero-order valence-corrected chi connectivity index (χ0v) is 13.2. The largest absolute Gasteiger partial charge is 0.303 e. The molecular weight excluding hydrogens is 232 g/mol. The SMILES string of the molecule is C/C=C(\CCN1CCCC1)C(C)(C)N1CCCCC1. The molecule has 110 valence electrons. The lowest BCUT2D eigenvalue weighted by molar-refractivity contribution is 0.119. The predicted octanol–water partition coefficient (Wildman–Crippen LogP) is 3.68. The molecule has 0 aliphatic carbocycles. The van der Waals surface area contributed by atoms with Gasteiger partial charge in [-0.3, -0.25) is 4.90 Å². The molecule has 0 aromatic carbocycles. The first-order valence-corrected chi connectivity index (χ1v) is 8.27. The Morgan fingerprint density at radius 2 is 1.53 bits per heavy atom. The third kappa shape index (κ3) is 3.82. The maximum absolute atomic E-state index is 2.70. The number of rotatable bonds is 5. The van der Waals surface area contributed by atoms with Gasteiger partial charge in [-0.25, -0.2) is 0 Å². The first-order valence-electron chi connectivity index (χ1n) is 8.27. The summed E-state index contributed by atoms with van der Waals surface area (Å²) < 4.78 is 0. The van der Waals surface area contributed by atoms with Crippen molar-refractivity contribution in [3.05, 3.63) is 11.6 Å². The van der Waals surface area contributed by atoms with Gasteiger partial charge >= 0.3 is 0 Å². The topological polar surface area (TPSA) is 6.48 Å². The van der Waals surface area contributed by atoms with Gasteiger partial charge in [-0.15, -0.1) is 0 Å². The van der Waals surface area contributed by atoms with Crippen LogP contribution in [0.15, 0.2) is 11.6 Å². The molecular formula is C17H32N2. The van der Waals surface area contributed by atoms with E-state index in [2.05, 4.69) is 36.6 Å². The van der Waals surface area contributed by atoms with Crippen LogP contribution >= 0.6 is 0 Å². The highest BCUT2D eigenvalue weighted by atomic mass is 15.2.